The molecule has 4 aromatic rings. The van der Waals surface area contributed by atoms with Crippen LogP contribution in [-0.4, -0.2) is 48.5 Å². The third-order valence-electron chi connectivity index (χ3n) is 5.61. The van der Waals surface area contributed by atoms with Crippen LogP contribution in [0.25, 0.3) is 21.7 Å². The smallest absolute Gasteiger partial charge is 0.248 e. The number of hydrogen-bond donors (Lipinski definition) is 1. The van der Waals surface area contributed by atoms with E-state index >= 15 is 0 Å². The van der Waals surface area contributed by atoms with Crippen LogP contribution >= 0.6 is 11.3 Å². The van der Waals surface area contributed by atoms with Crippen molar-refractivity contribution < 1.29 is 14.3 Å². The lowest BCUT2D eigenvalue weighted by Crippen LogP contribution is -2.40. The molecule has 0 bridgehead atoms. The van der Waals surface area contributed by atoms with Crippen molar-refractivity contribution in [1.29, 1.82) is 0 Å². The third-order valence-corrected chi connectivity index (χ3v) is 6.75. The molecule has 1 fully saturated rings. The van der Waals surface area contributed by atoms with Gasteiger partial charge >= 0.3 is 0 Å². The summed E-state index contributed by atoms with van der Waals surface area (Å²) in [4.78, 5) is 20.2. The van der Waals surface area contributed by atoms with Gasteiger partial charge in [-0.1, -0.05) is 31.2 Å². The van der Waals surface area contributed by atoms with Crippen LogP contribution in [0.5, 0.6) is 0 Å². The number of benzene rings is 1. The Balaban J connectivity index is 1.46. The maximum absolute atomic E-state index is 13.7. The first-order valence-corrected chi connectivity index (χ1v) is 11.1. The highest BCUT2D eigenvalue weighted by molar-refractivity contribution is 7.18. The molecule has 1 amide bonds. The Labute approximate surface area is 183 Å². The summed E-state index contributed by atoms with van der Waals surface area (Å²) in [5.74, 6) is 0.490. The van der Waals surface area contributed by atoms with Crippen molar-refractivity contribution in [3.63, 3.8) is 0 Å². The molecule has 3 atom stereocenters. The van der Waals surface area contributed by atoms with E-state index in [0.29, 0.717) is 17.9 Å². The number of rotatable bonds is 5. The molecule has 3 aromatic heterocycles. The van der Waals surface area contributed by atoms with Crippen LogP contribution in [-0.2, 0) is 4.79 Å². The molecule has 0 aliphatic carbocycles. The minimum Gasteiger partial charge on any atom is -0.463 e. The number of aliphatic hydroxyl groups excluding tert-OH is 1. The zero-order valence-corrected chi connectivity index (χ0v) is 18.1. The van der Waals surface area contributed by atoms with Gasteiger partial charge in [-0.05, 0) is 30.2 Å². The van der Waals surface area contributed by atoms with Crippen molar-refractivity contribution >= 4 is 27.5 Å². The predicted molar refractivity (Wildman–Crippen MR) is 116 cm³/mol. The Morgan fingerprint density at radius 2 is 2.10 bits per heavy atom. The first-order valence-electron chi connectivity index (χ1n) is 10.3. The maximum Gasteiger partial charge on any atom is 0.248 e. The van der Waals surface area contributed by atoms with Crippen LogP contribution in [0.2, 0.25) is 0 Å². The number of likely N-dealkylation sites (tertiary alicyclic amines) is 1. The van der Waals surface area contributed by atoms with Crippen molar-refractivity contribution in [2.45, 2.75) is 38.5 Å². The highest BCUT2D eigenvalue weighted by Gasteiger charge is 2.41. The largest absolute Gasteiger partial charge is 0.463 e. The van der Waals surface area contributed by atoms with Gasteiger partial charge in [0.2, 0.25) is 5.91 Å². The van der Waals surface area contributed by atoms with Gasteiger partial charge in [-0.3, -0.25) is 4.79 Å². The number of thiazole rings is 1. The molecule has 1 N–H and O–H groups in total. The van der Waals surface area contributed by atoms with E-state index in [1.54, 1.807) is 45.5 Å². The Bertz CT molecular complexity index is 1170. The van der Waals surface area contributed by atoms with Gasteiger partial charge in [0.25, 0.3) is 0 Å². The molecule has 3 unspecified atom stereocenters. The Morgan fingerprint density at radius 1 is 1.26 bits per heavy atom. The van der Waals surface area contributed by atoms with Crippen molar-refractivity contribution in [1.82, 2.24) is 24.9 Å². The molecule has 0 radical (unpaired) electrons. The van der Waals surface area contributed by atoms with Crippen LogP contribution in [0.3, 0.4) is 0 Å². The minimum atomic E-state index is -0.580. The molecular weight excluding hydrogens is 414 g/mol. The van der Waals surface area contributed by atoms with E-state index in [2.05, 4.69) is 10.3 Å². The summed E-state index contributed by atoms with van der Waals surface area (Å²) in [6, 6.07) is 10.7. The van der Waals surface area contributed by atoms with E-state index in [4.69, 9.17) is 9.40 Å². The summed E-state index contributed by atoms with van der Waals surface area (Å²) >= 11 is 1.57. The van der Waals surface area contributed by atoms with E-state index in [1.807, 2.05) is 38.1 Å². The fourth-order valence-corrected chi connectivity index (χ4v) is 5.24. The van der Waals surface area contributed by atoms with Gasteiger partial charge in [-0.25, -0.2) is 9.67 Å². The standard InChI is InChI=1S/C22H23N5O3S/c1-13(2)20(27-12-16(24-25-27)18-7-5-9-30-18)22(29)26-11-14(28)10-17(26)21-23-15-6-3-4-8-19(15)31-21/h3-9,12-14,17,20,28H,10-11H2,1-2H3. The lowest BCUT2D eigenvalue weighted by molar-refractivity contribution is -0.137. The molecule has 0 saturated carbocycles. The molecule has 1 aromatic carbocycles. The predicted octanol–water partition coefficient (Wildman–Crippen LogP) is 3.68. The first kappa shape index (κ1) is 19.9. The molecular formula is C22H23N5O3S. The number of aromatic nitrogens is 4. The molecule has 8 nitrogen and oxygen atoms in total. The zero-order chi connectivity index (χ0) is 21.5. The Kier molecular flexibility index (Phi) is 5.07. The maximum atomic E-state index is 13.7. The highest BCUT2D eigenvalue weighted by Crippen LogP contribution is 2.38. The molecule has 4 heterocycles. The second-order valence-corrected chi connectivity index (χ2v) is 9.23. The van der Waals surface area contributed by atoms with E-state index in [1.165, 1.54) is 0 Å². The molecule has 1 saturated heterocycles. The number of amides is 1. The molecule has 1 aliphatic heterocycles. The quantitative estimate of drug-likeness (QED) is 0.512. The van der Waals surface area contributed by atoms with E-state index in [9.17, 15) is 9.90 Å². The monoisotopic (exact) mass is 437 g/mol. The van der Waals surface area contributed by atoms with E-state index in [0.717, 1.165) is 15.2 Å². The average Bonchev–Trinajstić information content (AvgIpc) is 3.52. The Morgan fingerprint density at radius 3 is 2.84 bits per heavy atom. The third kappa shape index (κ3) is 3.64. The van der Waals surface area contributed by atoms with Crippen LogP contribution < -0.4 is 0 Å². The van der Waals surface area contributed by atoms with Gasteiger partial charge in [-0.2, -0.15) is 0 Å². The van der Waals surface area contributed by atoms with Crippen molar-refractivity contribution in [3.05, 3.63) is 53.9 Å². The number of aliphatic hydroxyl groups is 1. The lowest BCUT2D eigenvalue weighted by atomic mass is 10.0. The SMILES string of the molecule is CC(C)C(C(=O)N1CC(O)CC1c1nc2ccccc2s1)n1cc(-c2ccco2)nn1. The van der Waals surface area contributed by atoms with E-state index in [-0.39, 0.29) is 24.4 Å². The summed E-state index contributed by atoms with van der Waals surface area (Å²) in [6.45, 7) is 4.24. The summed E-state index contributed by atoms with van der Waals surface area (Å²) in [5.41, 5.74) is 1.49. The summed E-state index contributed by atoms with van der Waals surface area (Å²) < 4.78 is 8.08. The van der Waals surface area contributed by atoms with Gasteiger partial charge in [0.15, 0.2) is 5.76 Å². The summed E-state index contributed by atoms with van der Waals surface area (Å²) in [6.07, 6.45) is 3.21. The van der Waals surface area contributed by atoms with Crippen LogP contribution in [0.4, 0.5) is 0 Å². The minimum absolute atomic E-state index is 0.0209. The van der Waals surface area contributed by atoms with Crippen LogP contribution in [0.1, 0.15) is 37.4 Å². The summed E-state index contributed by atoms with van der Waals surface area (Å²) in [7, 11) is 0. The van der Waals surface area contributed by atoms with E-state index < -0.39 is 12.1 Å². The zero-order valence-electron chi connectivity index (χ0n) is 17.3. The highest BCUT2D eigenvalue weighted by atomic mass is 32.1. The van der Waals surface area contributed by atoms with Gasteiger partial charge in [0.1, 0.15) is 16.7 Å². The van der Waals surface area contributed by atoms with Crippen molar-refractivity contribution in [2.24, 2.45) is 5.92 Å². The number of carbonyl (C=O) groups excluding carboxylic acids is 1. The number of carbonyl (C=O) groups is 1. The van der Waals surface area contributed by atoms with Crippen molar-refractivity contribution in [2.75, 3.05) is 6.54 Å². The number of β-amino-alcohol motifs (C(OH)–C–C–N with tert-alkyl or cyclic N) is 1. The Hall–Kier alpha value is -3.04. The molecule has 0 spiro atoms. The van der Waals surface area contributed by atoms with Gasteiger partial charge in [0, 0.05) is 13.0 Å². The average molecular weight is 438 g/mol. The van der Waals surface area contributed by atoms with Gasteiger partial charge in [0.05, 0.1) is 34.8 Å². The fraction of sp³-hybridized carbons (Fsp3) is 0.364. The van der Waals surface area contributed by atoms with Gasteiger partial charge in [-0.15, -0.1) is 16.4 Å². The lowest BCUT2D eigenvalue weighted by Gasteiger charge is -2.29. The molecule has 31 heavy (non-hydrogen) atoms. The summed E-state index contributed by atoms with van der Waals surface area (Å²) in [5, 5.41) is 19.7. The van der Waals surface area contributed by atoms with Crippen LogP contribution in [0.15, 0.2) is 53.3 Å². The van der Waals surface area contributed by atoms with Crippen molar-refractivity contribution in [3.8, 4) is 11.5 Å². The number of para-hydroxylation sites is 1. The molecule has 9 heteroatoms. The normalized spacial score (nSPS) is 20.1. The second-order valence-electron chi connectivity index (χ2n) is 8.17. The number of furan rings is 1. The van der Waals surface area contributed by atoms with Crippen LogP contribution in [0, 0.1) is 5.92 Å². The second kappa shape index (κ2) is 7.90. The topological polar surface area (TPSA) is 97.3 Å². The number of nitrogens with zero attached hydrogens (tertiary/aromatic N) is 5. The number of fused-ring (bicyclic) bond motifs is 1. The molecule has 160 valence electrons. The number of hydrogen-bond acceptors (Lipinski definition) is 7. The fourth-order valence-electron chi connectivity index (χ4n) is 4.15. The van der Waals surface area contributed by atoms with Gasteiger partial charge < -0.3 is 14.4 Å². The molecule has 1 aliphatic rings. The first-order chi connectivity index (χ1) is 15.0. The molecule has 5 rings (SSSR count).